The third-order valence-electron chi connectivity index (χ3n) is 2.48. The number of benzene rings is 1. The first-order valence-corrected chi connectivity index (χ1v) is 5.22. The van der Waals surface area contributed by atoms with Gasteiger partial charge in [-0.2, -0.15) is 0 Å². The minimum atomic E-state index is -1.05. The smallest absolute Gasteiger partial charge is 0.340 e. The zero-order valence-electron chi connectivity index (χ0n) is 9.78. The van der Waals surface area contributed by atoms with Crippen molar-refractivity contribution < 1.29 is 22.7 Å². The van der Waals surface area contributed by atoms with Crippen LogP contribution in [0.2, 0.25) is 0 Å². The molecule has 0 atom stereocenters. The molecular weight excluding hydrogens is 259 g/mol. The zero-order chi connectivity index (χ0) is 14.0. The number of esters is 1. The third-order valence-corrected chi connectivity index (χ3v) is 2.48. The Kier molecular flexibility index (Phi) is 3.50. The van der Waals surface area contributed by atoms with E-state index in [1.165, 1.54) is 6.07 Å². The number of aromatic nitrogens is 1. The Balaban J connectivity index is 2.51. The molecule has 3 nitrogen and oxygen atoms in total. The summed E-state index contributed by atoms with van der Waals surface area (Å²) in [5, 5.41) is 0. The Hall–Kier alpha value is -2.37. The van der Waals surface area contributed by atoms with Crippen molar-refractivity contribution in [3.63, 3.8) is 0 Å². The van der Waals surface area contributed by atoms with Crippen molar-refractivity contribution in [3.8, 4) is 11.3 Å². The number of carbonyl (C=O) groups is 1. The van der Waals surface area contributed by atoms with Crippen molar-refractivity contribution in [2.45, 2.75) is 0 Å². The van der Waals surface area contributed by atoms with Gasteiger partial charge in [-0.25, -0.2) is 18.0 Å². The predicted octanol–water partition coefficient (Wildman–Crippen LogP) is 2.95. The fourth-order valence-corrected chi connectivity index (χ4v) is 1.52. The lowest BCUT2D eigenvalue weighted by Gasteiger charge is -2.05. The standard InChI is InChI=1S/C13H8F3NO2/c1-19-13(18)8-5-12(17-6-11(8)16)7-2-3-9(14)10(15)4-7/h2-6H,1H3. The van der Waals surface area contributed by atoms with Crippen molar-refractivity contribution >= 4 is 5.97 Å². The molecule has 0 aliphatic heterocycles. The number of hydrogen-bond donors (Lipinski definition) is 0. The van der Waals surface area contributed by atoms with E-state index in [9.17, 15) is 18.0 Å². The molecule has 0 unspecified atom stereocenters. The van der Waals surface area contributed by atoms with Gasteiger partial charge in [0.15, 0.2) is 17.5 Å². The van der Waals surface area contributed by atoms with Crippen LogP contribution in [0.25, 0.3) is 11.3 Å². The molecule has 1 heterocycles. The normalized spacial score (nSPS) is 10.3. The molecule has 2 rings (SSSR count). The number of nitrogens with zero attached hydrogens (tertiary/aromatic N) is 1. The lowest BCUT2D eigenvalue weighted by atomic mass is 10.1. The maximum atomic E-state index is 13.4. The number of carbonyl (C=O) groups excluding carboxylic acids is 1. The third kappa shape index (κ3) is 2.57. The molecule has 0 fully saturated rings. The molecule has 0 aliphatic rings. The van der Waals surface area contributed by atoms with Gasteiger partial charge in [-0.3, -0.25) is 4.98 Å². The summed E-state index contributed by atoms with van der Waals surface area (Å²) in [6.07, 6.45) is 0.822. The van der Waals surface area contributed by atoms with Gasteiger partial charge in [0.05, 0.1) is 24.6 Å². The van der Waals surface area contributed by atoms with E-state index in [4.69, 9.17) is 0 Å². The van der Waals surface area contributed by atoms with Gasteiger partial charge in [0.1, 0.15) is 0 Å². The largest absolute Gasteiger partial charge is 0.465 e. The molecule has 0 aliphatic carbocycles. The molecule has 1 aromatic carbocycles. The van der Waals surface area contributed by atoms with Crippen LogP contribution in [0.3, 0.4) is 0 Å². The number of pyridine rings is 1. The summed E-state index contributed by atoms with van der Waals surface area (Å²) in [6.45, 7) is 0. The molecule has 0 saturated heterocycles. The minimum Gasteiger partial charge on any atom is -0.465 e. The van der Waals surface area contributed by atoms with Crippen LogP contribution < -0.4 is 0 Å². The van der Waals surface area contributed by atoms with Gasteiger partial charge < -0.3 is 4.74 Å². The Morgan fingerprint density at radius 2 is 1.84 bits per heavy atom. The predicted molar refractivity (Wildman–Crippen MR) is 60.9 cm³/mol. The fourth-order valence-electron chi connectivity index (χ4n) is 1.52. The second kappa shape index (κ2) is 5.09. The van der Waals surface area contributed by atoms with Gasteiger partial charge in [-0.05, 0) is 24.3 Å². The van der Waals surface area contributed by atoms with Crippen LogP contribution in [0.15, 0.2) is 30.5 Å². The van der Waals surface area contributed by atoms with Crippen molar-refractivity contribution in [3.05, 3.63) is 53.5 Å². The first-order valence-electron chi connectivity index (χ1n) is 5.22. The Labute approximate surface area is 106 Å². The van der Waals surface area contributed by atoms with Gasteiger partial charge in [0.25, 0.3) is 0 Å². The second-order valence-corrected chi connectivity index (χ2v) is 3.67. The van der Waals surface area contributed by atoms with Gasteiger partial charge in [0.2, 0.25) is 0 Å². The van der Waals surface area contributed by atoms with E-state index in [0.717, 1.165) is 31.5 Å². The lowest BCUT2D eigenvalue weighted by molar-refractivity contribution is 0.0595. The topological polar surface area (TPSA) is 39.2 Å². The molecule has 1 aromatic heterocycles. The Morgan fingerprint density at radius 3 is 2.47 bits per heavy atom. The van der Waals surface area contributed by atoms with E-state index < -0.39 is 23.4 Å². The number of halogens is 3. The molecular formula is C13H8F3NO2. The molecule has 0 bridgehead atoms. The van der Waals surface area contributed by atoms with Gasteiger partial charge in [-0.15, -0.1) is 0 Å². The summed E-state index contributed by atoms with van der Waals surface area (Å²) in [6, 6.07) is 4.23. The van der Waals surface area contributed by atoms with Gasteiger partial charge in [-0.1, -0.05) is 0 Å². The van der Waals surface area contributed by atoms with Gasteiger partial charge >= 0.3 is 5.97 Å². The van der Waals surface area contributed by atoms with Crippen molar-refractivity contribution in [2.75, 3.05) is 7.11 Å². The summed E-state index contributed by atoms with van der Waals surface area (Å²) < 4.78 is 43.7. The zero-order valence-corrected chi connectivity index (χ0v) is 9.78. The van der Waals surface area contributed by atoms with E-state index in [1.54, 1.807) is 0 Å². The Bertz CT molecular complexity index is 644. The average molecular weight is 267 g/mol. The second-order valence-electron chi connectivity index (χ2n) is 3.67. The van der Waals surface area contributed by atoms with Crippen LogP contribution >= 0.6 is 0 Å². The molecule has 6 heteroatoms. The van der Waals surface area contributed by atoms with Crippen molar-refractivity contribution in [1.29, 1.82) is 0 Å². The average Bonchev–Trinajstić information content (AvgIpc) is 2.41. The van der Waals surface area contributed by atoms with E-state index in [-0.39, 0.29) is 16.8 Å². The summed E-state index contributed by atoms with van der Waals surface area (Å²) in [5.74, 6) is -3.77. The summed E-state index contributed by atoms with van der Waals surface area (Å²) in [7, 11) is 1.11. The number of methoxy groups -OCH3 is 1. The molecule has 98 valence electrons. The minimum absolute atomic E-state index is 0.140. The molecule has 0 spiro atoms. The highest BCUT2D eigenvalue weighted by Crippen LogP contribution is 2.22. The van der Waals surface area contributed by atoms with E-state index in [2.05, 4.69) is 9.72 Å². The summed E-state index contributed by atoms with van der Waals surface area (Å²) in [4.78, 5) is 15.0. The summed E-state index contributed by atoms with van der Waals surface area (Å²) >= 11 is 0. The number of rotatable bonds is 2. The highest BCUT2D eigenvalue weighted by Gasteiger charge is 2.15. The molecule has 0 radical (unpaired) electrons. The maximum Gasteiger partial charge on any atom is 0.340 e. The molecule has 0 N–H and O–H groups in total. The van der Waals surface area contributed by atoms with Gasteiger partial charge in [0, 0.05) is 5.56 Å². The first-order chi connectivity index (χ1) is 9.02. The van der Waals surface area contributed by atoms with E-state index in [1.807, 2.05) is 0 Å². The van der Waals surface area contributed by atoms with Crippen molar-refractivity contribution in [1.82, 2.24) is 4.98 Å². The lowest BCUT2D eigenvalue weighted by Crippen LogP contribution is -2.05. The van der Waals surface area contributed by atoms with Crippen molar-refractivity contribution in [2.24, 2.45) is 0 Å². The first kappa shape index (κ1) is 13.1. The SMILES string of the molecule is COC(=O)c1cc(-c2ccc(F)c(F)c2)ncc1F. The van der Waals surface area contributed by atoms with Crippen LogP contribution in [0.4, 0.5) is 13.2 Å². The van der Waals surface area contributed by atoms with Crippen LogP contribution in [0.5, 0.6) is 0 Å². The van der Waals surface area contributed by atoms with Crippen LogP contribution in [-0.4, -0.2) is 18.1 Å². The fraction of sp³-hybridized carbons (Fsp3) is 0.0769. The van der Waals surface area contributed by atoms with Crippen LogP contribution in [0.1, 0.15) is 10.4 Å². The quantitative estimate of drug-likeness (QED) is 0.785. The molecule has 2 aromatic rings. The van der Waals surface area contributed by atoms with E-state index in [0.29, 0.717) is 0 Å². The number of hydrogen-bond acceptors (Lipinski definition) is 3. The Morgan fingerprint density at radius 1 is 1.11 bits per heavy atom. The van der Waals surface area contributed by atoms with Crippen LogP contribution in [0, 0.1) is 17.5 Å². The number of ether oxygens (including phenoxy) is 1. The monoisotopic (exact) mass is 267 g/mol. The molecule has 19 heavy (non-hydrogen) atoms. The highest BCUT2D eigenvalue weighted by atomic mass is 19.2. The molecule has 0 saturated carbocycles. The van der Waals surface area contributed by atoms with E-state index >= 15 is 0 Å². The summed E-state index contributed by atoms with van der Waals surface area (Å²) in [5.41, 5.74) is 0.0435. The highest BCUT2D eigenvalue weighted by molar-refractivity contribution is 5.90. The maximum absolute atomic E-state index is 13.4. The molecule has 0 amide bonds. The van der Waals surface area contributed by atoms with Crippen LogP contribution in [-0.2, 0) is 4.74 Å².